The van der Waals surface area contributed by atoms with E-state index in [1.807, 2.05) is 0 Å². The molecule has 0 saturated carbocycles. The quantitative estimate of drug-likeness (QED) is 0.511. The monoisotopic (exact) mass is 175 g/mol. The van der Waals surface area contributed by atoms with Gasteiger partial charge in [-0.05, 0) is 31.4 Å². The van der Waals surface area contributed by atoms with E-state index in [4.69, 9.17) is 0 Å². The molecule has 1 rings (SSSR count). The van der Waals surface area contributed by atoms with Gasteiger partial charge < -0.3 is 0 Å². The fraction of sp³-hybridized carbons (Fsp3) is 0.364. The van der Waals surface area contributed by atoms with Crippen LogP contribution in [-0.4, -0.2) is 12.6 Å². The summed E-state index contributed by atoms with van der Waals surface area (Å²) in [5.74, 6) is 0. The Balaban J connectivity index is 2.75. The molecule has 0 saturated heterocycles. The summed E-state index contributed by atoms with van der Waals surface area (Å²) < 4.78 is 0. The van der Waals surface area contributed by atoms with Crippen molar-refractivity contribution in [3.8, 4) is 0 Å². The van der Waals surface area contributed by atoms with Crippen molar-refractivity contribution in [1.82, 2.24) is 0 Å². The number of aryl methyl sites for hydroxylation is 2. The lowest BCUT2D eigenvalue weighted by atomic mass is 10.0. The van der Waals surface area contributed by atoms with E-state index in [9.17, 15) is 4.79 Å². The highest BCUT2D eigenvalue weighted by atomic mass is 16.1. The molecule has 0 aliphatic rings. The summed E-state index contributed by atoms with van der Waals surface area (Å²) in [6.07, 6.45) is 2.37. The van der Waals surface area contributed by atoms with Crippen LogP contribution in [-0.2, 0) is 11.2 Å². The first-order chi connectivity index (χ1) is 6.24. The van der Waals surface area contributed by atoms with Crippen molar-refractivity contribution in [2.24, 2.45) is 4.99 Å². The zero-order valence-electron chi connectivity index (χ0n) is 8.00. The molecule has 1 aromatic rings. The van der Waals surface area contributed by atoms with Crippen LogP contribution in [0.2, 0.25) is 0 Å². The average Bonchev–Trinajstić information content (AvgIpc) is 2.11. The first kappa shape index (κ1) is 9.69. The Morgan fingerprint density at radius 1 is 1.38 bits per heavy atom. The summed E-state index contributed by atoms with van der Waals surface area (Å²) in [4.78, 5) is 13.4. The van der Waals surface area contributed by atoms with E-state index in [1.165, 1.54) is 16.7 Å². The van der Waals surface area contributed by atoms with Crippen LogP contribution in [0, 0.1) is 13.8 Å². The molecule has 0 aliphatic heterocycles. The average molecular weight is 175 g/mol. The minimum Gasteiger partial charge on any atom is -0.211 e. The van der Waals surface area contributed by atoms with E-state index in [2.05, 4.69) is 37.0 Å². The number of carbonyl (C=O) groups excluding carboxylic acids is 1. The zero-order chi connectivity index (χ0) is 9.68. The number of nitrogens with zero attached hydrogens (tertiary/aromatic N) is 1. The van der Waals surface area contributed by atoms with Crippen molar-refractivity contribution < 1.29 is 4.79 Å². The molecule has 0 atom stereocenters. The third kappa shape index (κ3) is 2.85. The predicted molar refractivity (Wildman–Crippen MR) is 52.6 cm³/mol. The topological polar surface area (TPSA) is 29.4 Å². The van der Waals surface area contributed by atoms with Crippen LogP contribution in [0.4, 0.5) is 0 Å². The molecule has 0 bridgehead atoms. The Morgan fingerprint density at radius 3 is 2.85 bits per heavy atom. The highest BCUT2D eigenvalue weighted by molar-refractivity contribution is 5.34. The number of hydrogen-bond donors (Lipinski definition) is 0. The van der Waals surface area contributed by atoms with Gasteiger partial charge in [0, 0.05) is 0 Å². The minimum atomic E-state index is 0.536. The van der Waals surface area contributed by atoms with Crippen LogP contribution in [0.15, 0.2) is 23.2 Å². The SMILES string of the molecule is Cc1ccc(C)c(CCN=C=O)c1. The second kappa shape index (κ2) is 4.58. The van der Waals surface area contributed by atoms with Crippen LogP contribution >= 0.6 is 0 Å². The Kier molecular flexibility index (Phi) is 3.41. The summed E-state index contributed by atoms with van der Waals surface area (Å²) in [5.41, 5.74) is 3.77. The Hall–Kier alpha value is -1.40. The summed E-state index contributed by atoms with van der Waals surface area (Å²) in [6, 6.07) is 6.31. The summed E-state index contributed by atoms with van der Waals surface area (Å²) in [6.45, 7) is 4.67. The van der Waals surface area contributed by atoms with Crippen LogP contribution in [0.1, 0.15) is 16.7 Å². The highest BCUT2D eigenvalue weighted by Crippen LogP contribution is 2.10. The molecule has 0 radical (unpaired) electrons. The molecular formula is C11H13NO. The van der Waals surface area contributed by atoms with Crippen LogP contribution in [0.25, 0.3) is 0 Å². The van der Waals surface area contributed by atoms with Gasteiger partial charge in [-0.25, -0.2) is 9.79 Å². The third-order valence-corrected chi connectivity index (χ3v) is 2.06. The van der Waals surface area contributed by atoms with Crippen molar-refractivity contribution in [1.29, 1.82) is 0 Å². The van der Waals surface area contributed by atoms with Crippen molar-refractivity contribution in [3.05, 3.63) is 34.9 Å². The van der Waals surface area contributed by atoms with E-state index < -0.39 is 0 Å². The maximum Gasteiger partial charge on any atom is 0.234 e. The van der Waals surface area contributed by atoms with Gasteiger partial charge in [-0.2, -0.15) is 0 Å². The molecule has 0 amide bonds. The molecule has 68 valence electrons. The first-order valence-corrected chi connectivity index (χ1v) is 4.34. The van der Waals surface area contributed by atoms with Gasteiger partial charge in [-0.15, -0.1) is 0 Å². The fourth-order valence-electron chi connectivity index (χ4n) is 1.29. The van der Waals surface area contributed by atoms with Gasteiger partial charge in [-0.1, -0.05) is 23.8 Å². The third-order valence-electron chi connectivity index (χ3n) is 2.06. The highest BCUT2D eigenvalue weighted by Gasteiger charge is 1.97. The first-order valence-electron chi connectivity index (χ1n) is 4.34. The van der Waals surface area contributed by atoms with E-state index in [-0.39, 0.29) is 0 Å². The molecule has 0 heterocycles. The second-order valence-electron chi connectivity index (χ2n) is 3.15. The Labute approximate surface area is 78.3 Å². The van der Waals surface area contributed by atoms with Gasteiger partial charge in [0.05, 0.1) is 6.54 Å². The summed E-state index contributed by atoms with van der Waals surface area (Å²) in [5, 5.41) is 0. The lowest BCUT2D eigenvalue weighted by Gasteiger charge is -2.04. The molecular weight excluding hydrogens is 162 g/mol. The molecule has 0 unspecified atom stereocenters. The molecule has 2 nitrogen and oxygen atoms in total. The number of isocyanates is 1. The molecule has 0 aliphatic carbocycles. The van der Waals surface area contributed by atoms with E-state index in [0.29, 0.717) is 6.54 Å². The van der Waals surface area contributed by atoms with Crippen LogP contribution < -0.4 is 0 Å². The molecule has 0 N–H and O–H groups in total. The van der Waals surface area contributed by atoms with E-state index >= 15 is 0 Å². The van der Waals surface area contributed by atoms with Gasteiger partial charge in [-0.3, -0.25) is 0 Å². The Bertz CT molecular complexity index is 338. The smallest absolute Gasteiger partial charge is 0.211 e. The number of benzene rings is 1. The molecule has 13 heavy (non-hydrogen) atoms. The van der Waals surface area contributed by atoms with Crippen molar-refractivity contribution in [2.45, 2.75) is 20.3 Å². The standard InChI is InChI=1S/C11H13NO/c1-9-3-4-10(2)11(7-9)5-6-12-8-13/h3-4,7H,5-6H2,1-2H3. The largest absolute Gasteiger partial charge is 0.234 e. The van der Waals surface area contributed by atoms with Crippen molar-refractivity contribution >= 4 is 6.08 Å². The van der Waals surface area contributed by atoms with Gasteiger partial charge in [0.15, 0.2) is 0 Å². The maximum absolute atomic E-state index is 9.86. The molecule has 0 spiro atoms. The van der Waals surface area contributed by atoms with Crippen LogP contribution in [0.3, 0.4) is 0 Å². The Morgan fingerprint density at radius 2 is 2.15 bits per heavy atom. The van der Waals surface area contributed by atoms with E-state index in [0.717, 1.165) is 6.42 Å². The second-order valence-corrected chi connectivity index (χ2v) is 3.15. The van der Waals surface area contributed by atoms with Crippen molar-refractivity contribution in [3.63, 3.8) is 0 Å². The van der Waals surface area contributed by atoms with E-state index in [1.54, 1.807) is 6.08 Å². The predicted octanol–water partition coefficient (Wildman–Crippen LogP) is 2.18. The van der Waals surface area contributed by atoms with Gasteiger partial charge >= 0.3 is 0 Å². The maximum atomic E-state index is 9.86. The lowest BCUT2D eigenvalue weighted by molar-refractivity contribution is 0.563. The number of rotatable bonds is 3. The number of hydrogen-bond acceptors (Lipinski definition) is 2. The normalized spacial score (nSPS) is 9.38. The zero-order valence-corrected chi connectivity index (χ0v) is 8.00. The van der Waals surface area contributed by atoms with Crippen LogP contribution in [0.5, 0.6) is 0 Å². The molecule has 1 aromatic carbocycles. The van der Waals surface area contributed by atoms with Gasteiger partial charge in [0.25, 0.3) is 0 Å². The van der Waals surface area contributed by atoms with Gasteiger partial charge in [0.1, 0.15) is 0 Å². The molecule has 2 heteroatoms. The summed E-state index contributed by atoms with van der Waals surface area (Å²) >= 11 is 0. The van der Waals surface area contributed by atoms with Gasteiger partial charge in [0.2, 0.25) is 6.08 Å². The molecule has 0 aromatic heterocycles. The summed E-state index contributed by atoms with van der Waals surface area (Å²) in [7, 11) is 0. The van der Waals surface area contributed by atoms with Crippen molar-refractivity contribution in [2.75, 3.05) is 6.54 Å². The fourth-order valence-corrected chi connectivity index (χ4v) is 1.29. The number of aliphatic imine (C=N–C) groups is 1. The minimum absolute atomic E-state index is 0.536. The molecule has 0 fully saturated rings. The lowest BCUT2D eigenvalue weighted by Crippen LogP contribution is -1.93.